The van der Waals surface area contributed by atoms with Gasteiger partial charge in [0.05, 0.1) is 5.69 Å². The summed E-state index contributed by atoms with van der Waals surface area (Å²) >= 11 is 1.92. The third kappa shape index (κ3) is 2.39. The van der Waals surface area contributed by atoms with E-state index in [1.807, 2.05) is 30.0 Å². The van der Waals surface area contributed by atoms with Crippen molar-refractivity contribution in [3.63, 3.8) is 0 Å². The number of carbonyl (C=O) groups is 1. The Balaban J connectivity index is 1.80. The second-order valence-corrected chi connectivity index (χ2v) is 6.77. The van der Waals surface area contributed by atoms with Gasteiger partial charge in [-0.1, -0.05) is 25.3 Å². The Hall–Kier alpha value is -1.00. The molecule has 1 aromatic carbocycles. The molecule has 4 heteroatoms. The van der Waals surface area contributed by atoms with Gasteiger partial charge < -0.3 is 10.0 Å². The Morgan fingerprint density at radius 1 is 1.26 bits per heavy atom. The molecule has 1 amide bonds. The Morgan fingerprint density at radius 2 is 2.00 bits per heavy atom. The van der Waals surface area contributed by atoms with Gasteiger partial charge in [0, 0.05) is 22.8 Å². The molecule has 1 aliphatic carbocycles. The molecular weight excluding hydrogens is 258 g/mol. The first-order chi connectivity index (χ1) is 9.16. The Bertz CT molecular complexity index is 497. The lowest BCUT2D eigenvalue weighted by Gasteiger charge is -2.21. The number of thioether (sulfide) groups is 1. The number of nitrogens with zero attached hydrogens (tertiary/aromatic N) is 1. The molecule has 1 saturated carbocycles. The van der Waals surface area contributed by atoms with Crippen molar-refractivity contribution < 1.29 is 9.90 Å². The van der Waals surface area contributed by atoms with Crippen LogP contribution in [0.3, 0.4) is 0 Å². The highest BCUT2D eigenvalue weighted by Crippen LogP contribution is 2.40. The van der Waals surface area contributed by atoms with Crippen LogP contribution in [-0.4, -0.2) is 23.3 Å². The lowest BCUT2D eigenvalue weighted by atomic mass is 10.0. The lowest BCUT2D eigenvalue weighted by Crippen LogP contribution is -2.23. The highest BCUT2D eigenvalue weighted by molar-refractivity contribution is 8.00. The predicted octanol–water partition coefficient (Wildman–Crippen LogP) is 3.12. The number of hydrogen-bond acceptors (Lipinski definition) is 3. The third-order valence-corrected chi connectivity index (χ3v) is 5.41. The van der Waals surface area contributed by atoms with Crippen LogP contribution in [0.25, 0.3) is 0 Å². The molecule has 2 aliphatic rings. The fourth-order valence-electron chi connectivity index (χ4n) is 2.93. The molecule has 1 fully saturated rings. The van der Waals surface area contributed by atoms with E-state index in [1.165, 1.54) is 37.0 Å². The molecule has 19 heavy (non-hydrogen) atoms. The first-order valence-electron chi connectivity index (χ1n) is 6.93. The molecule has 0 aromatic heterocycles. The Kier molecular flexibility index (Phi) is 3.54. The SMILES string of the molecule is CN1C(=O)C(O)c2ccc(SC3CCCCC3)cc21. The number of likely N-dealkylation sites (N-methyl/N-ethyl adjacent to an activating group) is 1. The van der Waals surface area contributed by atoms with Gasteiger partial charge in [0.15, 0.2) is 6.10 Å². The molecule has 1 aromatic rings. The molecule has 0 saturated heterocycles. The topological polar surface area (TPSA) is 40.5 Å². The van der Waals surface area contributed by atoms with Crippen LogP contribution in [0.1, 0.15) is 43.8 Å². The number of fused-ring (bicyclic) bond motifs is 1. The first kappa shape index (κ1) is 13.0. The van der Waals surface area contributed by atoms with Crippen molar-refractivity contribution in [1.29, 1.82) is 0 Å². The van der Waals surface area contributed by atoms with Crippen molar-refractivity contribution in [3.05, 3.63) is 23.8 Å². The summed E-state index contributed by atoms with van der Waals surface area (Å²) in [7, 11) is 1.73. The van der Waals surface area contributed by atoms with Crippen LogP contribution in [0.2, 0.25) is 0 Å². The van der Waals surface area contributed by atoms with Gasteiger partial charge in [-0.25, -0.2) is 0 Å². The van der Waals surface area contributed by atoms with Crippen LogP contribution in [0.4, 0.5) is 5.69 Å². The molecule has 1 aliphatic heterocycles. The van der Waals surface area contributed by atoms with E-state index in [0.717, 1.165) is 11.3 Å². The van der Waals surface area contributed by atoms with Gasteiger partial charge in [0.2, 0.25) is 0 Å². The van der Waals surface area contributed by atoms with Crippen molar-refractivity contribution in [2.75, 3.05) is 11.9 Å². The molecule has 3 rings (SSSR count). The predicted molar refractivity (Wildman–Crippen MR) is 77.5 cm³/mol. The number of benzene rings is 1. The maximum Gasteiger partial charge on any atom is 0.260 e. The number of aliphatic hydroxyl groups is 1. The van der Waals surface area contributed by atoms with Crippen molar-refractivity contribution in [3.8, 4) is 0 Å². The smallest absolute Gasteiger partial charge is 0.260 e. The van der Waals surface area contributed by atoms with E-state index in [1.54, 1.807) is 11.9 Å². The summed E-state index contributed by atoms with van der Waals surface area (Å²) in [6.07, 6.45) is 5.64. The van der Waals surface area contributed by atoms with E-state index in [4.69, 9.17) is 0 Å². The van der Waals surface area contributed by atoms with Crippen LogP contribution in [0.5, 0.6) is 0 Å². The molecule has 1 heterocycles. The van der Waals surface area contributed by atoms with E-state index in [9.17, 15) is 9.90 Å². The number of rotatable bonds is 2. The van der Waals surface area contributed by atoms with E-state index in [-0.39, 0.29) is 5.91 Å². The number of carbonyl (C=O) groups excluding carboxylic acids is 1. The van der Waals surface area contributed by atoms with Gasteiger partial charge in [0.25, 0.3) is 5.91 Å². The number of amides is 1. The van der Waals surface area contributed by atoms with Gasteiger partial charge in [0.1, 0.15) is 0 Å². The standard InChI is InChI=1S/C15H19NO2S/c1-16-13-9-11(19-10-5-3-2-4-6-10)7-8-12(13)14(17)15(16)18/h7-10,14,17H,2-6H2,1H3. The summed E-state index contributed by atoms with van der Waals surface area (Å²) in [4.78, 5) is 14.5. The molecule has 1 N–H and O–H groups in total. The fourth-order valence-corrected chi connectivity index (χ4v) is 4.21. The average Bonchev–Trinajstić information content (AvgIpc) is 2.65. The van der Waals surface area contributed by atoms with E-state index in [0.29, 0.717) is 5.25 Å². The quantitative estimate of drug-likeness (QED) is 0.903. The molecule has 102 valence electrons. The Labute approximate surface area is 118 Å². The maximum atomic E-state index is 11.7. The summed E-state index contributed by atoms with van der Waals surface area (Å²) in [5.74, 6) is -0.227. The average molecular weight is 277 g/mol. The molecule has 0 bridgehead atoms. The minimum Gasteiger partial charge on any atom is -0.378 e. The normalized spacial score (nSPS) is 23.8. The van der Waals surface area contributed by atoms with Crippen LogP contribution >= 0.6 is 11.8 Å². The number of aliphatic hydroxyl groups excluding tert-OH is 1. The monoisotopic (exact) mass is 277 g/mol. The third-order valence-electron chi connectivity index (χ3n) is 4.08. The van der Waals surface area contributed by atoms with Crippen molar-refractivity contribution in [1.82, 2.24) is 0 Å². The van der Waals surface area contributed by atoms with Gasteiger partial charge in [-0.05, 0) is 25.0 Å². The Morgan fingerprint density at radius 3 is 2.74 bits per heavy atom. The second-order valence-electron chi connectivity index (χ2n) is 5.40. The summed E-state index contributed by atoms with van der Waals surface area (Å²) in [5, 5.41) is 10.5. The zero-order valence-corrected chi connectivity index (χ0v) is 11.9. The van der Waals surface area contributed by atoms with Crippen LogP contribution in [0, 0.1) is 0 Å². The molecular formula is C15H19NO2S. The number of anilines is 1. The number of hydrogen-bond donors (Lipinski definition) is 1. The molecule has 0 radical (unpaired) electrons. The second kappa shape index (κ2) is 5.17. The van der Waals surface area contributed by atoms with Crippen molar-refractivity contribution in [2.24, 2.45) is 0 Å². The van der Waals surface area contributed by atoms with Gasteiger partial charge >= 0.3 is 0 Å². The zero-order valence-electron chi connectivity index (χ0n) is 11.1. The summed E-state index contributed by atoms with van der Waals surface area (Å²) in [6.45, 7) is 0. The van der Waals surface area contributed by atoms with E-state index < -0.39 is 6.10 Å². The highest BCUT2D eigenvalue weighted by atomic mass is 32.2. The van der Waals surface area contributed by atoms with Crippen LogP contribution < -0.4 is 4.90 Å². The van der Waals surface area contributed by atoms with Crippen LogP contribution in [0.15, 0.2) is 23.1 Å². The highest BCUT2D eigenvalue weighted by Gasteiger charge is 2.33. The molecule has 3 nitrogen and oxygen atoms in total. The van der Waals surface area contributed by atoms with Gasteiger partial charge in [-0.15, -0.1) is 11.8 Å². The molecule has 0 spiro atoms. The van der Waals surface area contributed by atoms with Gasteiger partial charge in [-0.3, -0.25) is 4.79 Å². The molecule has 1 unspecified atom stereocenters. The van der Waals surface area contributed by atoms with Crippen molar-refractivity contribution >= 4 is 23.4 Å². The minimum atomic E-state index is -0.978. The molecule has 1 atom stereocenters. The lowest BCUT2D eigenvalue weighted by molar-refractivity contribution is -0.125. The van der Waals surface area contributed by atoms with E-state index >= 15 is 0 Å². The maximum absolute atomic E-state index is 11.7. The minimum absolute atomic E-state index is 0.227. The van der Waals surface area contributed by atoms with Crippen LogP contribution in [-0.2, 0) is 4.79 Å². The van der Waals surface area contributed by atoms with Crippen molar-refractivity contribution in [2.45, 2.75) is 48.4 Å². The largest absolute Gasteiger partial charge is 0.378 e. The summed E-state index contributed by atoms with van der Waals surface area (Å²) in [6, 6.07) is 5.98. The fraction of sp³-hybridized carbons (Fsp3) is 0.533. The zero-order chi connectivity index (χ0) is 13.4. The van der Waals surface area contributed by atoms with E-state index in [2.05, 4.69) is 0 Å². The summed E-state index contributed by atoms with van der Waals surface area (Å²) in [5.41, 5.74) is 1.60. The summed E-state index contributed by atoms with van der Waals surface area (Å²) < 4.78 is 0. The van der Waals surface area contributed by atoms with Gasteiger partial charge in [-0.2, -0.15) is 0 Å². The first-order valence-corrected chi connectivity index (χ1v) is 7.81.